The lowest BCUT2D eigenvalue weighted by Crippen LogP contribution is -2.37. The van der Waals surface area contributed by atoms with Crippen LogP contribution in [0.1, 0.15) is 29.5 Å². The predicted molar refractivity (Wildman–Crippen MR) is 114 cm³/mol. The third kappa shape index (κ3) is 6.15. The van der Waals surface area contributed by atoms with Gasteiger partial charge < -0.3 is 5.32 Å². The highest BCUT2D eigenvalue weighted by Crippen LogP contribution is 2.32. The van der Waals surface area contributed by atoms with Gasteiger partial charge in [0.05, 0.1) is 0 Å². The first-order valence-electron chi connectivity index (χ1n) is 9.13. The molecule has 1 aliphatic rings. The van der Waals surface area contributed by atoms with Gasteiger partial charge in [-0.2, -0.15) is 0 Å². The molecular formula is C21H24Cl2N2OS. The monoisotopic (exact) mass is 422 g/mol. The summed E-state index contributed by atoms with van der Waals surface area (Å²) in [4.78, 5) is 13.6. The highest BCUT2D eigenvalue weighted by Gasteiger charge is 2.25. The van der Waals surface area contributed by atoms with Crippen LogP contribution >= 0.6 is 35.1 Å². The van der Waals surface area contributed by atoms with Crippen LogP contribution in [-0.2, 0) is 11.3 Å². The zero-order valence-electron chi connectivity index (χ0n) is 15.6. The van der Waals surface area contributed by atoms with Gasteiger partial charge in [0.25, 0.3) is 0 Å². The van der Waals surface area contributed by atoms with E-state index in [1.54, 1.807) is 18.0 Å². The van der Waals surface area contributed by atoms with Gasteiger partial charge in [-0.25, -0.2) is 4.31 Å². The van der Waals surface area contributed by atoms with Crippen LogP contribution in [0.2, 0.25) is 10.0 Å². The van der Waals surface area contributed by atoms with Crippen molar-refractivity contribution < 1.29 is 4.79 Å². The molecule has 3 rings (SSSR count). The summed E-state index contributed by atoms with van der Waals surface area (Å²) in [6, 6.07) is 12.0. The Kier molecular flexibility index (Phi) is 7.10. The maximum absolute atomic E-state index is 12.5. The van der Waals surface area contributed by atoms with E-state index in [-0.39, 0.29) is 11.8 Å². The number of hydrogen-bond acceptors (Lipinski definition) is 3. The number of benzene rings is 2. The van der Waals surface area contributed by atoms with Gasteiger partial charge in [0.15, 0.2) is 0 Å². The molecule has 0 radical (unpaired) electrons. The molecule has 0 bridgehead atoms. The van der Waals surface area contributed by atoms with Crippen LogP contribution in [0.15, 0.2) is 41.3 Å². The van der Waals surface area contributed by atoms with Gasteiger partial charge in [-0.1, -0.05) is 52.5 Å². The molecule has 3 nitrogen and oxygen atoms in total. The number of carbonyl (C=O) groups excluding carboxylic acids is 1. The molecule has 144 valence electrons. The van der Waals surface area contributed by atoms with Crippen LogP contribution in [-0.4, -0.2) is 23.3 Å². The van der Waals surface area contributed by atoms with Crippen LogP contribution in [0.5, 0.6) is 0 Å². The van der Waals surface area contributed by atoms with E-state index in [0.29, 0.717) is 16.6 Å². The first kappa shape index (κ1) is 20.5. The molecule has 2 aromatic carbocycles. The predicted octanol–water partition coefficient (Wildman–Crippen LogP) is 5.65. The number of nitrogens with one attached hydrogen (secondary N) is 1. The summed E-state index contributed by atoms with van der Waals surface area (Å²) in [7, 11) is 0. The lowest BCUT2D eigenvalue weighted by atomic mass is 9.97. The Balaban J connectivity index is 1.47. The zero-order valence-corrected chi connectivity index (χ0v) is 17.9. The average molecular weight is 423 g/mol. The van der Waals surface area contributed by atoms with Crippen LogP contribution < -0.4 is 5.32 Å². The minimum Gasteiger partial charge on any atom is -0.352 e. The molecule has 0 spiro atoms. The molecule has 0 unspecified atom stereocenters. The molecule has 1 aliphatic heterocycles. The van der Waals surface area contributed by atoms with E-state index in [2.05, 4.69) is 41.7 Å². The smallest absolute Gasteiger partial charge is 0.223 e. The standard InChI is InChI=1S/C21H24Cl2N2OS/c1-14-7-15(2)9-16(8-14)13-24-21(26)17-3-5-25(6-4-17)27-20-11-18(22)10-19(23)12-20/h7-12,17H,3-6,13H2,1-2H3,(H,24,26). The second kappa shape index (κ2) is 9.33. The molecule has 1 fully saturated rings. The maximum Gasteiger partial charge on any atom is 0.223 e. The fraction of sp³-hybridized carbons (Fsp3) is 0.381. The van der Waals surface area contributed by atoms with Gasteiger partial charge in [0.2, 0.25) is 5.91 Å². The van der Waals surface area contributed by atoms with Gasteiger partial charge in [0.1, 0.15) is 0 Å². The molecule has 0 saturated carbocycles. The quantitative estimate of drug-likeness (QED) is 0.632. The van der Waals surface area contributed by atoms with Crippen LogP contribution in [0.4, 0.5) is 0 Å². The van der Waals surface area contributed by atoms with Gasteiger partial charge in [-0.15, -0.1) is 0 Å². The van der Waals surface area contributed by atoms with Crippen molar-refractivity contribution in [1.82, 2.24) is 9.62 Å². The summed E-state index contributed by atoms with van der Waals surface area (Å²) in [5.74, 6) is 0.236. The molecule has 0 atom stereocenters. The summed E-state index contributed by atoms with van der Waals surface area (Å²) < 4.78 is 2.27. The van der Waals surface area contributed by atoms with E-state index >= 15 is 0 Å². The van der Waals surface area contributed by atoms with Gasteiger partial charge in [0, 0.05) is 40.5 Å². The minimum atomic E-state index is 0.0794. The fourth-order valence-electron chi connectivity index (χ4n) is 3.44. The summed E-state index contributed by atoms with van der Waals surface area (Å²) in [6.45, 7) is 6.50. The topological polar surface area (TPSA) is 32.3 Å². The normalized spacial score (nSPS) is 15.7. The lowest BCUT2D eigenvalue weighted by Gasteiger charge is -2.30. The summed E-state index contributed by atoms with van der Waals surface area (Å²) >= 11 is 13.8. The lowest BCUT2D eigenvalue weighted by molar-refractivity contribution is -0.126. The number of aryl methyl sites for hydroxylation is 2. The molecular weight excluding hydrogens is 399 g/mol. The molecule has 1 saturated heterocycles. The molecule has 1 amide bonds. The van der Waals surface area contributed by atoms with E-state index in [1.165, 1.54) is 11.1 Å². The molecule has 6 heteroatoms. The first-order valence-corrected chi connectivity index (χ1v) is 10.7. The molecule has 0 aliphatic carbocycles. The Labute approximate surface area is 175 Å². The molecule has 0 aromatic heterocycles. The zero-order chi connectivity index (χ0) is 19.4. The van der Waals surface area contributed by atoms with E-state index in [9.17, 15) is 4.79 Å². The average Bonchev–Trinajstić information content (AvgIpc) is 2.58. The van der Waals surface area contributed by atoms with Crippen molar-refractivity contribution in [2.45, 2.75) is 38.1 Å². The van der Waals surface area contributed by atoms with E-state index < -0.39 is 0 Å². The highest BCUT2D eigenvalue weighted by atomic mass is 35.5. The summed E-state index contributed by atoms with van der Waals surface area (Å²) in [5, 5.41) is 4.39. The number of hydrogen-bond donors (Lipinski definition) is 1. The SMILES string of the molecule is Cc1cc(C)cc(CNC(=O)C2CCN(Sc3cc(Cl)cc(Cl)c3)CC2)c1. The van der Waals surface area contributed by atoms with Gasteiger partial charge in [-0.05, 0) is 62.4 Å². The molecule has 1 heterocycles. The second-order valence-corrected chi connectivity index (χ2v) is 9.16. The van der Waals surface area contributed by atoms with Gasteiger partial charge >= 0.3 is 0 Å². The third-order valence-electron chi connectivity index (χ3n) is 4.64. The Bertz CT molecular complexity index is 779. The molecule has 2 aromatic rings. The number of amides is 1. The molecule has 1 N–H and O–H groups in total. The summed E-state index contributed by atoms with van der Waals surface area (Å²) in [5.41, 5.74) is 3.61. The fourth-order valence-corrected chi connectivity index (χ4v) is 5.15. The number of rotatable bonds is 5. The Morgan fingerprint density at radius 2 is 1.63 bits per heavy atom. The van der Waals surface area contributed by atoms with E-state index in [1.807, 2.05) is 12.1 Å². The van der Waals surface area contributed by atoms with Crippen molar-refractivity contribution in [2.75, 3.05) is 13.1 Å². The van der Waals surface area contributed by atoms with Crippen molar-refractivity contribution in [3.05, 3.63) is 63.1 Å². The number of carbonyl (C=O) groups is 1. The van der Waals surface area contributed by atoms with E-state index in [0.717, 1.165) is 36.4 Å². The van der Waals surface area contributed by atoms with Crippen molar-refractivity contribution in [1.29, 1.82) is 0 Å². The van der Waals surface area contributed by atoms with Crippen molar-refractivity contribution in [3.63, 3.8) is 0 Å². The number of nitrogens with zero attached hydrogens (tertiary/aromatic N) is 1. The van der Waals surface area contributed by atoms with Gasteiger partial charge in [-0.3, -0.25) is 4.79 Å². The third-order valence-corrected chi connectivity index (χ3v) is 6.15. The van der Waals surface area contributed by atoms with Crippen LogP contribution in [0.25, 0.3) is 0 Å². The molecule has 27 heavy (non-hydrogen) atoms. The Morgan fingerprint density at radius 1 is 1.04 bits per heavy atom. The van der Waals surface area contributed by atoms with Crippen molar-refractivity contribution >= 4 is 41.1 Å². The largest absolute Gasteiger partial charge is 0.352 e. The highest BCUT2D eigenvalue weighted by molar-refractivity contribution is 7.97. The first-order chi connectivity index (χ1) is 12.9. The van der Waals surface area contributed by atoms with Crippen molar-refractivity contribution in [3.8, 4) is 0 Å². The Morgan fingerprint density at radius 3 is 2.22 bits per heavy atom. The number of piperidine rings is 1. The minimum absolute atomic E-state index is 0.0794. The van der Waals surface area contributed by atoms with E-state index in [4.69, 9.17) is 23.2 Å². The van der Waals surface area contributed by atoms with Crippen molar-refractivity contribution in [2.24, 2.45) is 5.92 Å². The Hall–Kier alpha value is -1.20. The number of halogens is 2. The van der Waals surface area contributed by atoms with Crippen LogP contribution in [0.3, 0.4) is 0 Å². The summed E-state index contributed by atoms with van der Waals surface area (Å²) in [6.07, 6.45) is 1.72. The maximum atomic E-state index is 12.5. The van der Waals surface area contributed by atoms with Crippen LogP contribution in [0, 0.1) is 19.8 Å². The second-order valence-electron chi connectivity index (χ2n) is 7.11.